The summed E-state index contributed by atoms with van der Waals surface area (Å²) in [5, 5.41) is 3.34. The second kappa shape index (κ2) is 6.34. The van der Waals surface area contributed by atoms with Gasteiger partial charge in [-0.1, -0.05) is 30.3 Å². The first-order valence-corrected chi connectivity index (χ1v) is 6.28. The molecule has 0 saturated heterocycles. The number of hydrogen-bond donors (Lipinski definition) is 1. The van der Waals surface area contributed by atoms with Gasteiger partial charge in [0, 0.05) is 18.7 Å². The number of methoxy groups -OCH3 is 1. The molecular formula is C16H18FNO. The molecule has 0 radical (unpaired) electrons. The van der Waals surface area contributed by atoms with E-state index in [9.17, 15) is 4.39 Å². The van der Waals surface area contributed by atoms with Crippen LogP contribution in [0.25, 0.3) is 0 Å². The Morgan fingerprint density at radius 3 is 2.63 bits per heavy atom. The average molecular weight is 259 g/mol. The van der Waals surface area contributed by atoms with E-state index in [0.29, 0.717) is 12.1 Å². The zero-order valence-corrected chi connectivity index (χ0v) is 11.2. The summed E-state index contributed by atoms with van der Waals surface area (Å²) < 4.78 is 18.4. The van der Waals surface area contributed by atoms with Gasteiger partial charge in [-0.2, -0.15) is 0 Å². The van der Waals surface area contributed by atoms with Crippen molar-refractivity contribution in [2.75, 3.05) is 7.11 Å². The van der Waals surface area contributed by atoms with E-state index in [2.05, 4.69) is 5.32 Å². The number of rotatable bonds is 5. The van der Waals surface area contributed by atoms with Gasteiger partial charge < -0.3 is 10.1 Å². The zero-order valence-electron chi connectivity index (χ0n) is 11.2. The van der Waals surface area contributed by atoms with E-state index in [0.717, 1.165) is 23.4 Å². The van der Waals surface area contributed by atoms with E-state index < -0.39 is 0 Å². The summed E-state index contributed by atoms with van der Waals surface area (Å²) in [5.41, 5.74) is 2.87. The fraction of sp³-hybridized carbons (Fsp3) is 0.250. The monoisotopic (exact) mass is 259 g/mol. The third-order valence-corrected chi connectivity index (χ3v) is 3.06. The molecule has 0 atom stereocenters. The lowest BCUT2D eigenvalue weighted by Gasteiger charge is -2.10. The smallest absolute Gasteiger partial charge is 0.126 e. The van der Waals surface area contributed by atoms with Gasteiger partial charge in [0.05, 0.1) is 7.11 Å². The van der Waals surface area contributed by atoms with E-state index in [1.807, 2.05) is 30.3 Å². The molecule has 2 rings (SSSR count). The van der Waals surface area contributed by atoms with E-state index in [1.165, 1.54) is 6.07 Å². The van der Waals surface area contributed by atoms with Crippen LogP contribution in [0, 0.1) is 12.7 Å². The topological polar surface area (TPSA) is 21.3 Å². The Hall–Kier alpha value is -1.87. The highest BCUT2D eigenvalue weighted by atomic mass is 19.1. The summed E-state index contributed by atoms with van der Waals surface area (Å²) in [6.07, 6.45) is 0. The summed E-state index contributed by atoms with van der Waals surface area (Å²) >= 11 is 0. The molecule has 0 spiro atoms. The molecule has 0 fully saturated rings. The predicted octanol–water partition coefficient (Wildman–Crippen LogP) is 3.43. The third-order valence-electron chi connectivity index (χ3n) is 3.06. The Balaban J connectivity index is 1.94. The number of benzene rings is 2. The largest absolute Gasteiger partial charge is 0.496 e. The molecule has 0 aliphatic rings. The average Bonchev–Trinajstić information content (AvgIpc) is 2.43. The van der Waals surface area contributed by atoms with Gasteiger partial charge in [0.15, 0.2) is 0 Å². The Bertz CT molecular complexity index is 554. The lowest BCUT2D eigenvalue weighted by molar-refractivity contribution is 0.407. The summed E-state index contributed by atoms with van der Waals surface area (Å²) in [6, 6.07) is 13.1. The van der Waals surface area contributed by atoms with Gasteiger partial charge in [-0.3, -0.25) is 0 Å². The molecule has 3 heteroatoms. The SMILES string of the molecule is COc1ccccc1CNCc1ccc(F)c(C)c1. The first-order valence-electron chi connectivity index (χ1n) is 6.28. The van der Waals surface area contributed by atoms with Gasteiger partial charge in [-0.05, 0) is 30.2 Å². The van der Waals surface area contributed by atoms with Crippen LogP contribution in [0.3, 0.4) is 0 Å². The Labute approximate surface area is 113 Å². The fourth-order valence-corrected chi connectivity index (χ4v) is 2.01. The molecule has 0 heterocycles. The molecule has 0 amide bonds. The van der Waals surface area contributed by atoms with Crippen LogP contribution < -0.4 is 10.1 Å². The normalized spacial score (nSPS) is 10.5. The minimum absolute atomic E-state index is 0.159. The number of halogens is 1. The van der Waals surface area contributed by atoms with Gasteiger partial charge in [0.25, 0.3) is 0 Å². The van der Waals surface area contributed by atoms with Gasteiger partial charge >= 0.3 is 0 Å². The molecule has 1 N–H and O–H groups in total. The fourth-order valence-electron chi connectivity index (χ4n) is 2.01. The molecule has 2 nitrogen and oxygen atoms in total. The quantitative estimate of drug-likeness (QED) is 0.888. The predicted molar refractivity (Wildman–Crippen MR) is 74.7 cm³/mol. The van der Waals surface area contributed by atoms with Gasteiger partial charge in [0.2, 0.25) is 0 Å². The first kappa shape index (κ1) is 13.6. The van der Waals surface area contributed by atoms with Crippen molar-refractivity contribution in [1.29, 1.82) is 0 Å². The van der Waals surface area contributed by atoms with Crippen molar-refractivity contribution in [2.45, 2.75) is 20.0 Å². The van der Waals surface area contributed by atoms with Crippen molar-refractivity contribution in [1.82, 2.24) is 5.32 Å². The van der Waals surface area contributed by atoms with Crippen LogP contribution in [0.1, 0.15) is 16.7 Å². The molecule has 0 aliphatic carbocycles. The van der Waals surface area contributed by atoms with E-state index in [4.69, 9.17) is 4.74 Å². The lowest BCUT2D eigenvalue weighted by atomic mass is 10.1. The van der Waals surface area contributed by atoms with Crippen molar-refractivity contribution >= 4 is 0 Å². The summed E-state index contributed by atoms with van der Waals surface area (Å²) in [7, 11) is 1.67. The molecule has 19 heavy (non-hydrogen) atoms. The maximum Gasteiger partial charge on any atom is 0.126 e. The number of para-hydroxylation sites is 1. The van der Waals surface area contributed by atoms with Crippen molar-refractivity contribution < 1.29 is 9.13 Å². The molecule has 0 unspecified atom stereocenters. The molecule has 0 saturated carbocycles. The highest BCUT2D eigenvalue weighted by Crippen LogP contribution is 2.17. The van der Waals surface area contributed by atoms with E-state index >= 15 is 0 Å². The highest BCUT2D eigenvalue weighted by Gasteiger charge is 2.02. The summed E-state index contributed by atoms with van der Waals surface area (Å²) in [5.74, 6) is 0.721. The molecule has 100 valence electrons. The second-order valence-corrected chi connectivity index (χ2v) is 4.50. The summed E-state index contributed by atoms with van der Waals surface area (Å²) in [4.78, 5) is 0. The minimum atomic E-state index is -0.159. The zero-order chi connectivity index (χ0) is 13.7. The maximum atomic E-state index is 13.1. The van der Waals surface area contributed by atoms with Crippen LogP contribution in [0.2, 0.25) is 0 Å². The van der Waals surface area contributed by atoms with Crippen LogP contribution in [-0.4, -0.2) is 7.11 Å². The Kier molecular flexibility index (Phi) is 4.53. The van der Waals surface area contributed by atoms with E-state index in [1.54, 1.807) is 20.1 Å². The minimum Gasteiger partial charge on any atom is -0.496 e. The van der Waals surface area contributed by atoms with Crippen LogP contribution in [0.15, 0.2) is 42.5 Å². The number of aryl methyl sites for hydroxylation is 1. The molecule has 0 aliphatic heterocycles. The molecule has 0 aromatic heterocycles. The number of nitrogens with one attached hydrogen (secondary N) is 1. The van der Waals surface area contributed by atoms with Crippen molar-refractivity contribution in [2.24, 2.45) is 0 Å². The van der Waals surface area contributed by atoms with Crippen LogP contribution in [0.4, 0.5) is 4.39 Å². The molecular weight excluding hydrogens is 241 g/mol. The van der Waals surface area contributed by atoms with Crippen LogP contribution >= 0.6 is 0 Å². The van der Waals surface area contributed by atoms with Crippen molar-refractivity contribution in [3.8, 4) is 5.75 Å². The van der Waals surface area contributed by atoms with Crippen LogP contribution in [-0.2, 0) is 13.1 Å². The second-order valence-electron chi connectivity index (χ2n) is 4.50. The standard InChI is InChI=1S/C16H18FNO/c1-12-9-13(7-8-15(12)17)10-18-11-14-5-3-4-6-16(14)19-2/h3-9,18H,10-11H2,1-2H3. The van der Waals surface area contributed by atoms with Gasteiger partial charge in [-0.15, -0.1) is 0 Å². The maximum absolute atomic E-state index is 13.1. The van der Waals surface area contributed by atoms with Crippen molar-refractivity contribution in [3.63, 3.8) is 0 Å². The molecule has 2 aromatic carbocycles. The van der Waals surface area contributed by atoms with Gasteiger partial charge in [0.1, 0.15) is 11.6 Å². The third kappa shape index (κ3) is 3.55. The molecule has 0 bridgehead atoms. The first-order chi connectivity index (χ1) is 9.20. The van der Waals surface area contributed by atoms with Crippen LogP contribution in [0.5, 0.6) is 5.75 Å². The number of ether oxygens (including phenoxy) is 1. The summed E-state index contributed by atoms with van der Waals surface area (Å²) in [6.45, 7) is 3.21. The Morgan fingerprint density at radius 2 is 1.89 bits per heavy atom. The highest BCUT2D eigenvalue weighted by molar-refractivity contribution is 5.33. The molecule has 2 aromatic rings. The number of hydrogen-bond acceptors (Lipinski definition) is 2. The van der Waals surface area contributed by atoms with E-state index in [-0.39, 0.29) is 5.82 Å². The Morgan fingerprint density at radius 1 is 1.11 bits per heavy atom. The van der Waals surface area contributed by atoms with Crippen molar-refractivity contribution in [3.05, 3.63) is 65.0 Å². The van der Waals surface area contributed by atoms with Gasteiger partial charge in [-0.25, -0.2) is 4.39 Å². The lowest BCUT2D eigenvalue weighted by Crippen LogP contribution is -2.13.